The Hall–Kier alpha value is -0.570. The van der Waals surface area contributed by atoms with Crippen LogP contribution in [0.4, 0.5) is 0 Å². The van der Waals surface area contributed by atoms with Gasteiger partial charge < -0.3 is 10.1 Å². The molecular formula is C12H25NO2. The summed E-state index contributed by atoms with van der Waals surface area (Å²) < 4.78 is 5.04. The lowest BCUT2D eigenvalue weighted by Gasteiger charge is -2.04. The van der Waals surface area contributed by atoms with Crippen molar-refractivity contribution in [1.82, 2.24) is 5.32 Å². The molecule has 0 rings (SSSR count). The van der Waals surface area contributed by atoms with Gasteiger partial charge in [-0.2, -0.15) is 0 Å². The summed E-state index contributed by atoms with van der Waals surface area (Å²) in [6, 6.07) is 0. The van der Waals surface area contributed by atoms with Gasteiger partial charge in [0.25, 0.3) is 0 Å². The first-order valence-electron chi connectivity index (χ1n) is 6.17. The van der Waals surface area contributed by atoms with Crippen LogP contribution in [-0.2, 0) is 9.53 Å². The summed E-state index contributed by atoms with van der Waals surface area (Å²) in [5.41, 5.74) is 0. The third-order valence-corrected chi connectivity index (χ3v) is 2.20. The SMILES string of the molecule is CCCCNCCCC(=O)OCCCC. The lowest BCUT2D eigenvalue weighted by molar-refractivity contribution is -0.143. The Bertz CT molecular complexity index is 149. The van der Waals surface area contributed by atoms with Crippen LogP contribution in [0.25, 0.3) is 0 Å². The molecule has 3 nitrogen and oxygen atoms in total. The fourth-order valence-corrected chi connectivity index (χ4v) is 1.19. The van der Waals surface area contributed by atoms with Crippen molar-refractivity contribution in [2.75, 3.05) is 19.7 Å². The van der Waals surface area contributed by atoms with Gasteiger partial charge in [-0.05, 0) is 32.4 Å². The minimum atomic E-state index is -0.0549. The quantitative estimate of drug-likeness (QED) is 0.449. The number of esters is 1. The van der Waals surface area contributed by atoms with Crippen LogP contribution in [0.15, 0.2) is 0 Å². The molecule has 3 heteroatoms. The van der Waals surface area contributed by atoms with Gasteiger partial charge >= 0.3 is 5.97 Å². The van der Waals surface area contributed by atoms with Gasteiger partial charge in [-0.15, -0.1) is 0 Å². The summed E-state index contributed by atoms with van der Waals surface area (Å²) >= 11 is 0. The molecule has 0 atom stereocenters. The maximum absolute atomic E-state index is 11.2. The Morgan fingerprint density at radius 1 is 1.07 bits per heavy atom. The fraction of sp³-hybridized carbons (Fsp3) is 0.917. The number of carbonyl (C=O) groups is 1. The maximum Gasteiger partial charge on any atom is 0.305 e. The Morgan fingerprint density at radius 2 is 1.73 bits per heavy atom. The first kappa shape index (κ1) is 14.4. The minimum Gasteiger partial charge on any atom is -0.466 e. The van der Waals surface area contributed by atoms with Crippen molar-refractivity contribution in [2.45, 2.75) is 52.4 Å². The number of unbranched alkanes of at least 4 members (excludes halogenated alkanes) is 2. The molecule has 1 N–H and O–H groups in total. The minimum absolute atomic E-state index is 0.0549. The number of ether oxygens (including phenoxy) is 1. The van der Waals surface area contributed by atoms with Gasteiger partial charge in [0.1, 0.15) is 0 Å². The molecule has 0 aromatic carbocycles. The van der Waals surface area contributed by atoms with Gasteiger partial charge in [0, 0.05) is 6.42 Å². The van der Waals surface area contributed by atoms with Crippen molar-refractivity contribution in [3.8, 4) is 0 Å². The van der Waals surface area contributed by atoms with Crippen LogP contribution in [0.3, 0.4) is 0 Å². The van der Waals surface area contributed by atoms with Crippen LogP contribution in [0.5, 0.6) is 0 Å². The van der Waals surface area contributed by atoms with E-state index in [2.05, 4.69) is 19.2 Å². The third kappa shape index (κ3) is 11.4. The van der Waals surface area contributed by atoms with Crippen molar-refractivity contribution in [1.29, 1.82) is 0 Å². The highest BCUT2D eigenvalue weighted by molar-refractivity contribution is 5.69. The van der Waals surface area contributed by atoms with Crippen molar-refractivity contribution in [3.05, 3.63) is 0 Å². The van der Waals surface area contributed by atoms with E-state index in [1.807, 2.05) is 0 Å². The summed E-state index contributed by atoms with van der Waals surface area (Å²) in [4.78, 5) is 11.2. The molecule has 0 spiro atoms. The van der Waals surface area contributed by atoms with E-state index >= 15 is 0 Å². The molecule has 0 bridgehead atoms. The summed E-state index contributed by atoms with van der Waals surface area (Å²) in [6.07, 6.45) is 5.90. The lowest BCUT2D eigenvalue weighted by atomic mass is 10.3. The monoisotopic (exact) mass is 215 g/mol. The van der Waals surface area contributed by atoms with Gasteiger partial charge in [-0.25, -0.2) is 0 Å². The van der Waals surface area contributed by atoms with E-state index in [4.69, 9.17) is 4.74 Å². The van der Waals surface area contributed by atoms with E-state index in [9.17, 15) is 4.79 Å². The zero-order valence-corrected chi connectivity index (χ0v) is 10.2. The zero-order chi connectivity index (χ0) is 11.4. The molecule has 0 amide bonds. The third-order valence-electron chi connectivity index (χ3n) is 2.20. The molecule has 0 heterocycles. The highest BCUT2D eigenvalue weighted by atomic mass is 16.5. The highest BCUT2D eigenvalue weighted by Crippen LogP contribution is 1.95. The van der Waals surface area contributed by atoms with Gasteiger partial charge in [0.05, 0.1) is 6.61 Å². The molecule has 0 saturated heterocycles. The molecule has 15 heavy (non-hydrogen) atoms. The van der Waals surface area contributed by atoms with Crippen LogP contribution in [0.1, 0.15) is 52.4 Å². The summed E-state index contributed by atoms with van der Waals surface area (Å²) in [6.45, 7) is 6.82. The second-order valence-electron chi connectivity index (χ2n) is 3.78. The number of hydrogen-bond acceptors (Lipinski definition) is 3. The number of carbonyl (C=O) groups excluding carboxylic acids is 1. The molecular weight excluding hydrogens is 190 g/mol. The normalized spacial score (nSPS) is 10.3. The van der Waals surface area contributed by atoms with Gasteiger partial charge in [0.15, 0.2) is 0 Å². The largest absolute Gasteiger partial charge is 0.466 e. The number of nitrogens with one attached hydrogen (secondary N) is 1. The van der Waals surface area contributed by atoms with E-state index < -0.39 is 0 Å². The predicted octanol–water partition coefficient (Wildman–Crippen LogP) is 2.50. The van der Waals surface area contributed by atoms with E-state index in [-0.39, 0.29) is 5.97 Å². The molecule has 0 unspecified atom stereocenters. The average Bonchev–Trinajstić information content (AvgIpc) is 2.23. The summed E-state index contributed by atoms with van der Waals surface area (Å²) in [7, 11) is 0. The second kappa shape index (κ2) is 11.5. The average molecular weight is 215 g/mol. The second-order valence-corrected chi connectivity index (χ2v) is 3.78. The Kier molecular flexibility index (Phi) is 11.1. The standard InChI is InChI=1S/C12H25NO2/c1-3-5-9-13-10-7-8-12(14)15-11-6-4-2/h13H,3-11H2,1-2H3. The highest BCUT2D eigenvalue weighted by Gasteiger charge is 2.01. The summed E-state index contributed by atoms with van der Waals surface area (Å²) in [5.74, 6) is -0.0549. The molecule has 0 radical (unpaired) electrons. The first-order chi connectivity index (χ1) is 7.31. The Morgan fingerprint density at radius 3 is 2.40 bits per heavy atom. The molecule has 0 saturated carbocycles. The maximum atomic E-state index is 11.2. The Balaban J connectivity index is 3.10. The first-order valence-corrected chi connectivity index (χ1v) is 6.17. The smallest absolute Gasteiger partial charge is 0.305 e. The van der Waals surface area contributed by atoms with Gasteiger partial charge in [-0.3, -0.25) is 4.79 Å². The molecule has 0 fully saturated rings. The molecule has 0 aromatic rings. The molecule has 0 aromatic heterocycles. The van der Waals surface area contributed by atoms with Crippen LogP contribution >= 0.6 is 0 Å². The molecule has 90 valence electrons. The van der Waals surface area contributed by atoms with Crippen molar-refractivity contribution < 1.29 is 9.53 Å². The fourth-order valence-electron chi connectivity index (χ4n) is 1.19. The van der Waals surface area contributed by atoms with Crippen LogP contribution in [0.2, 0.25) is 0 Å². The van der Waals surface area contributed by atoms with Gasteiger partial charge in [0.2, 0.25) is 0 Å². The number of hydrogen-bond donors (Lipinski definition) is 1. The van der Waals surface area contributed by atoms with E-state index in [0.717, 1.165) is 32.4 Å². The van der Waals surface area contributed by atoms with Crippen LogP contribution < -0.4 is 5.32 Å². The van der Waals surface area contributed by atoms with E-state index in [1.165, 1.54) is 12.8 Å². The topological polar surface area (TPSA) is 38.3 Å². The van der Waals surface area contributed by atoms with Crippen molar-refractivity contribution in [3.63, 3.8) is 0 Å². The Labute approximate surface area is 93.6 Å². The molecule has 0 aliphatic heterocycles. The van der Waals surface area contributed by atoms with E-state index in [1.54, 1.807) is 0 Å². The molecule has 0 aliphatic carbocycles. The predicted molar refractivity (Wildman–Crippen MR) is 62.9 cm³/mol. The summed E-state index contributed by atoms with van der Waals surface area (Å²) in [5, 5.41) is 3.30. The van der Waals surface area contributed by atoms with Gasteiger partial charge in [-0.1, -0.05) is 26.7 Å². The van der Waals surface area contributed by atoms with Crippen molar-refractivity contribution in [2.24, 2.45) is 0 Å². The van der Waals surface area contributed by atoms with Crippen LogP contribution in [0, 0.1) is 0 Å². The number of rotatable bonds is 10. The van der Waals surface area contributed by atoms with Crippen LogP contribution in [-0.4, -0.2) is 25.7 Å². The van der Waals surface area contributed by atoms with Crippen molar-refractivity contribution >= 4 is 5.97 Å². The lowest BCUT2D eigenvalue weighted by Crippen LogP contribution is -2.18. The zero-order valence-electron chi connectivity index (χ0n) is 10.2. The van der Waals surface area contributed by atoms with E-state index in [0.29, 0.717) is 13.0 Å². The molecule has 0 aliphatic rings.